The largest absolute Gasteiger partial charge is 0.372 e. The summed E-state index contributed by atoms with van der Waals surface area (Å²) in [6.07, 6.45) is 2.06. The quantitative estimate of drug-likeness (QED) is 0.491. The van der Waals surface area contributed by atoms with E-state index in [1.54, 1.807) is 13.0 Å². The van der Waals surface area contributed by atoms with Gasteiger partial charge in [-0.2, -0.15) is 0 Å². The Bertz CT molecular complexity index is 668. The Morgan fingerprint density at radius 1 is 1.04 bits per heavy atom. The molecule has 0 aliphatic carbocycles. The van der Waals surface area contributed by atoms with Crippen LogP contribution in [0.3, 0.4) is 0 Å². The molecule has 2 aromatic rings. The summed E-state index contributed by atoms with van der Waals surface area (Å²) in [6.45, 7) is 7.55. The standard InChI is InChI=1S/C22H27NO3/c1-3-4-14-26-18(2)22(24)23-15-19-10-12-21(13-11-19)17-25-16-20-8-6-5-7-9-20/h3,5-13,18H,1,4,14-17H2,2H3,(H,23,24). The predicted octanol–water partition coefficient (Wildman–Crippen LogP) is 4.00. The monoisotopic (exact) mass is 353 g/mol. The second kappa shape index (κ2) is 11.2. The highest BCUT2D eigenvalue weighted by Gasteiger charge is 2.12. The average molecular weight is 353 g/mol. The zero-order chi connectivity index (χ0) is 18.6. The van der Waals surface area contributed by atoms with Gasteiger partial charge in [-0.3, -0.25) is 4.79 Å². The molecule has 1 unspecified atom stereocenters. The van der Waals surface area contributed by atoms with Gasteiger partial charge in [-0.1, -0.05) is 60.7 Å². The Morgan fingerprint density at radius 3 is 2.31 bits per heavy atom. The van der Waals surface area contributed by atoms with E-state index in [0.717, 1.165) is 23.1 Å². The van der Waals surface area contributed by atoms with Crippen molar-refractivity contribution in [3.8, 4) is 0 Å². The normalized spacial score (nSPS) is 11.7. The van der Waals surface area contributed by atoms with Gasteiger partial charge in [-0.25, -0.2) is 0 Å². The Kier molecular flexibility index (Phi) is 8.60. The highest BCUT2D eigenvalue weighted by Crippen LogP contribution is 2.08. The molecule has 0 spiro atoms. The molecule has 4 nitrogen and oxygen atoms in total. The zero-order valence-corrected chi connectivity index (χ0v) is 15.3. The molecule has 1 N–H and O–H groups in total. The lowest BCUT2D eigenvalue weighted by molar-refractivity contribution is -0.131. The lowest BCUT2D eigenvalue weighted by Crippen LogP contribution is -2.34. The summed E-state index contributed by atoms with van der Waals surface area (Å²) in [6, 6.07) is 18.2. The van der Waals surface area contributed by atoms with Crippen LogP contribution in [0, 0.1) is 0 Å². The summed E-state index contributed by atoms with van der Waals surface area (Å²) in [7, 11) is 0. The number of hydrogen-bond acceptors (Lipinski definition) is 3. The topological polar surface area (TPSA) is 47.6 Å². The highest BCUT2D eigenvalue weighted by molar-refractivity contribution is 5.80. The molecule has 0 aliphatic heterocycles. The molecule has 0 radical (unpaired) electrons. The minimum atomic E-state index is -0.458. The van der Waals surface area contributed by atoms with Crippen LogP contribution < -0.4 is 5.32 Å². The number of amides is 1. The molecule has 1 atom stereocenters. The molecular weight excluding hydrogens is 326 g/mol. The second-order valence-electron chi connectivity index (χ2n) is 6.10. The van der Waals surface area contributed by atoms with Crippen molar-refractivity contribution < 1.29 is 14.3 Å². The maximum Gasteiger partial charge on any atom is 0.249 e. The lowest BCUT2D eigenvalue weighted by atomic mass is 10.1. The minimum absolute atomic E-state index is 0.107. The molecule has 0 saturated carbocycles. The van der Waals surface area contributed by atoms with Crippen molar-refractivity contribution in [1.29, 1.82) is 0 Å². The highest BCUT2D eigenvalue weighted by atomic mass is 16.5. The Morgan fingerprint density at radius 2 is 1.65 bits per heavy atom. The van der Waals surface area contributed by atoms with Crippen LogP contribution in [-0.4, -0.2) is 18.6 Å². The van der Waals surface area contributed by atoms with Gasteiger partial charge in [0.1, 0.15) is 6.10 Å². The number of hydrogen-bond donors (Lipinski definition) is 1. The number of rotatable bonds is 11. The molecule has 0 aliphatic rings. The Hall–Kier alpha value is -2.43. The van der Waals surface area contributed by atoms with Gasteiger partial charge in [0.25, 0.3) is 0 Å². The van der Waals surface area contributed by atoms with Gasteiger partial charge in [0, 0.05) is 6.54 Å². The van der Waals surface area contributed by atoms with Gasteiger partial charge in [-0.15, -0.1) is 6.58 Å². The third-order valence-electron chi connectivity index (χ3n) is 3.93. The third kappa shape index (κ3) is 7.21. The fourth-order valence-corrected chi connectivity index (χ4v) is 2.35. The maximum atomic E-state index is 12.0. The van der Waals surface area contributed by atoms with Crippen molar-refractivity contribution in [2.45, 2.75) is 39.2 Å². The van der Waals surface area contributed by atoms with E-state index < -0.39 is 6.10 Å². The summed E-state index contributed by atoms with van der Waals surface area (Å²) >= 11 is 0. The number of benzene rings is 2. The maximum absolute atomic E-state index is 12.0. The van der Waals surface area contributed by atoms with Crippen LogP contribution in [-0.2, 0) is 34.0 Å². The van der Waals surface area contributed by atoms with Crippen LogP contribution in [0.5, 0.6) is 0 Å². The van der Waals surface area contributed by atoms with Crippen LogP contribution in [0.4, 0.5) is 0 Å². The summed E-state index contributed by atoms with van der Waals surface area (Å²) in [5.74, 6) is -0.107. The molecule has 4 heteroatoms. The fraction of sp³-hybridized carbons (Fsp3) is 0.318. The number of nitrogens with one attached hydrogen (secondary N) is 1. The van der Waals surface area contributed by atoms with E-state index in [1.165, 1.54) is 0 Å². The third-order valence-corrected chi connectivity index (χ3v) is 3.93. The molecule has 0 heterocycles. The van der Waals surface area contributed by atoms with E-state index in [4.69, 9.17) is 9.47 Å². The molecule has 0 aromatic heterocycles. The molecular formula is C22H27NO3. The van der Waals surface area contributed by atoms with Crippen molar-refractivity contribution in [3.05, 3.63) is 83.9 Å². The smallest absolute Gasteiger partial charge is 0.249 e. The first-order valence-corrected chi connectivity index (χ1v) is 8.88. The molecule has 0 saturated heterocycles. The predicted molar refractivity (Wildman–Crippen MR) is 103 cm³/mol. The van der Waals surface area contributed by atoms with Crippen molar-refractivity contribution in [3.63, 3.8) is 0 Å². The van der Waals surface area contributed by atoms with Gasteiger partial charge >= 0.3 is 0 Å². The molecule has 0 fully saturated rings. The number of carbonyl (C=O) groups excluding carboxylic acids is 1. The summed E-state index contributed by atoms with van der Waals surface area (Å²) < 4.78 is 11.2. The molecule has 138 valence electrons. The molecule has 0 bridgehead atoms. The van der Waals surface area contributed by atoms with Gasteiger partial charge in [0.15, 0.2) is 0 Å². The van der Waals surface area contributed by atoms with Gasteiger partial charge in [-0.05, 0) is 30.0 Å². The lowest BCUT2D eigenvalue weighted by Gasteiger charge is -2.13. The number of ether oxygens (including phenoxy) is 2. The van der Waals surface area contributed by atoms with Gasteiger partial charge in [0.05, 0.1) is 19.8 Å². The van der Waals surface area contributed by atoms with Crippen LogP contribution in [0.25, 0.3) is 0 Å². The van der Waals surface area contributed by atoms with E-state index in [9.17, 15) is 4.79 Å². The van der Waals surface area contributed by atoms with Crippen molar-refractivity contribution in [2.24, 2.45) is 0 Å². The molecule has 26 heavy (non-hydrogen) atoms. The first-order valence-electron chi connectivity index (χ1n) is 8.88. The summed E-state index contributed by atoms with van der Waals surface area (Å²) in [5.41, 5.74) is 3.32. The van der Waals surface area contributed by atoms with Gasteiger partial charge in [0.2, 0.25) is 5.91 Å². The van der Waals surface area contributed by atoms with E-state index in [1.807, 2.05) is 54.6 Å². The van der Waals surface area contributed by atoms with E-state index in [2.05, 4.69) is 11.9 Å². The molecule has 2 rings (SSSR count). The molecule has 1 amide bonds. The van der Waals surface area contributed by atoms with E-state index in [0.29, 0.717) is 26.4 Å². The SMILES string of the molecule is C=CCCOC(C)C(=O)NCc1ccc(COCc2ccccc2)cc1. The van der Waals surface area contributed by atoms with Crippen molar-refractivity contribution >= 4 is 5.91 Å². The fourth-order valence-electron chi connectivity index (χ4n) is 2.35. The van der Waals surface area contributed by atoms with Crippen LogP contribution in [0.2, 0.25) is 0 Å². The van der Waals surface area contributed by atoms with Crippen LogP contribution in [0.1, 0.15) is 30.0 Å². The summed E-state index contributed by atoms with van der Waals surface area (Å²) in [4.78, 5) is 12.0. The first kappa shape index (κ1) is 19.9. The zero-order valence-electron chi connectivity index (χ0n) is 15.3. The molecule has 2 aromatic carbocycles. The van der Waals surface area contributed by atoms with E-state index in [-0.39, 0.29) is 5.91 Å². The van der Waals surface area contributed by atoms with E-state index >= 15 is 0 Å². The van der Waals surface area contributed by atoms with Gasteiger partial charge < -0.3 is 14.8 Å². The minimum Gasteiger partial charge on any atom is -0.372 e. The average Bonchev–Trinajstić information content (AvgIpc) is 2.68. The van der Waals surface area contributed by atoms with Crippen molar-refractivity contribution in [1.82, 2.24) is 5.32 Å². The first-order chi connectivity index (χ1) is 12.7. The number of carbonyl (C=O) groups is 1. The second-order valence-corrected chi connectivity index (χ2v) is 6.10. The Balaban J connectivity index is 1.69. The summed E-state index contributed by atoms with van der Waals surface area (Å²) in [5, 5.41) is 2.89. The van der Waals surface area contributed by atoms with Crippen LogP contribution in [0.15, 0.2) is 67.3 Å². The Labute approximate surface area is 155 Å². The van der Waals surface area contributed by atoms with Crippen molar-refractivity contribution in [2.75, 3.05) is 6.61 Å². The van der Waals surface area contributed by atoms with Crippen LogP contribution >= 0.6 is 0 Å².